The molecule has 0 aliphatic carbocycles. The highest BCUT2D eigenvalue weighted by atomic mass is 32.1. The van der Waals surface area contributed by atoms with Crippen LogP contribution in [0.25, 0.3) is 0 Å². The van der Waals surface area contributed by atoms with Gasteiger partial charge in [-0.3, -0.25) is 4.79 Å². The Hall–Kier alpha value is -0.220. The molecule has 1 rings (SSSR count). The molecule has 1 aliphatic heterocycles. The van der Waals surface area contributed by atoms with Crippen LogP contribution in [0.4, 0.5) is 0 Å². The van der Waals surface area contributed by atoms with Gasteiger partial charge in [0.1, 0.15) is 6.54 Å². The van der Waals surface area contributed by atoms with Gasteiger partial charge in [0.25, 0.3) is 0 Å². The van der Waals surface area contributed by atoms with E-state index in [1.165, 1.54) is 0 Å². The molecule has 0 aromatic carbocycles. The maximum absolute atomic E-state index is 11.3. The molecule has 0 bridgehead atoms. The first-order chi connectivity index (χ1) is 6.22. The monoisotopic (exact) mass is 204 g/mol. The van der Waals surface area contributed by atoms with Crippen LogP contribution in [0.5, 0.6) is 0 Å². The standard InChI is InChI=1S/C9H17NO2S/c1-2-9(4-5-10-7-9)12-8(11)3-6-13/h10,13H,2-7H2,1H3/p+1. The van der Waals surface area contributed by atoms with Gasteiger partial charge in [-0.15, -0.1) is 0 Å². The minimum absolute atomic E-state index is 0.104. The van der Waals surface area contributed by atoms with Crippen LogP contribution in [0.1, 0.15) is 26.2 Å². The second-order valence-electron chi connectivity index (χ2n) is 3.52. The molecular formula is C9H18NO2S+. The van der Waals surface area contributed by atoms with Gasteiger partial charge >= 0.3 is 5.97 Å². The molecule has 1 heterocycles. The second kappa shape index (κ2) is 4.86. The van der Waals surface area contributed by atoms with E-state index < -0.39 is 0 Å². The lowest BCUT2D eigenvalue weighted by Crippen LogP contribution is -2.82. The van der Waals surface area contributed by atoms with E-state index in [-0.39, 0.29) is 11.6 Å². The normalized spacial score (nSPS) is 27.5. The van der Waals surface area contributed by atoms with Gasteiger partial charge in [0, 0.05) is 12.2 Å². The summed E-state index contributed by atoms with van der Waals surface area (Å²) in [6.45, 7) is 4.07. The molecule has 0 amide bonds. The largest absolute Gasteiger partial charge is 0.453 e. The Balaban J connectivity index is 2.43. The van der Waals surface area contributed by atoms with E-state index in [0.717, 1.165) is 25.9 Å². The molecule has 4 heteroatoms. The molecule has 0 spiro atoms. The summed E-state index contributed by atoms with van der Waals surface area (Å²) in [5.41, 5.74) is -0.181. The number of hydrogen-bond donors (Lipinski definition) is 2. The Morgan fingerprint density at radius 3 is 2.92 bits per heavy atom. The Kier molecular flexibility index (Phi) is 4.06. The van der Waals surface area contributed by atoms with Gasteiger partial charge < -0.3 is 10.1 Å². The van der Waals surface area contributed by atoms with Crippen molar-refractivity contribution in [2.75, 3.05) is 18.8 Å². The highest BCUT2D eigenvalue weighted by molar-refractivity contribution is 7.80. The van der Waals surface area contributed by atoms with E-state index in [1.807, 2.05) is 0 Å². The third-order valence-electron chi connectivity index (χ3n) is 2.61. The Morgan fingerprint density at radius 1 is 1.69 bits per heavy atom. The summed E-state index contributed by atoms with van der Waals surface area (Å²) in [6.07, 6.45) is 2.33. The molecule has 0 saturated carbocycles. The van der Waals surface area contributed by atoms with Crippen LogP contribution in [-0.2, 0) is 9.53 Å². The Bertz CT molecular complexity index is 178. The van der Waals surface area contributed by atoms with E-state index >= 15 is 0 Å². The van der Waals surface area contributed by atoms with Gasteiger partial charge in [-0.1, -0.05) is 6.92 Å². The zero-order valence-corrected chi connectivity index (χ0v) is 8.98. The third-order valence-corrected chi connectivity index (χ3v) is 2.83. The van der Waals surface area contributed by atoms with Gasteiger partial charge in [-0.2, -0.15) is 12.6 Å². The number of thiol groups is 1. The molecule has 1 unspecified atom stereocenters. The molecule has 0 aromatic heterocycles. The number of carbonyl (C=O) groups is 1. The average Bonchev–Trinajstić information content (AvgIpc) is 2.54. The van der Waals surface area contributed by atoms with Crippen LogP contribution < -0.4 is 5.32 Å². The molecule has 1 aliphatic rings. The zero-order chi connectivity index (χ0) is 9.73. The van der Waals surface area contributed by atoms with Crippen LogP contribution in [0.3, 0.4) is 0 Å². The van der Waals surface area contributed by atoms with Crippen LogP contribution in [-0.4, -0.2) is 30.4 Å². The molecule has 1 atom stereocenters. The predicted molar refractivity (Wildman–Crippen MR) is 53.9 cm³/mol. The van der Waals surface area contributed by atoms with Crippen molar-refractivity contribution in [3.8, 4) is 0 Å². The molecule has 0 radical (unpaired) electrons. The Labute approximate surface area is 84.6 Å². The van der Waals surface area contributed by atoms with Crippen molar-refractivity contribution in [1.82, 2.24) is 0 Å². The number of quaternary nitrogens is 1. The zero-order valence-electron chi connectivity index (χ0n) is 8.08. The van der Waals surface area contributed by atoms with Crippen molar-refractivity contribution in [2.45, 2.75) is 31.8 Å². The fourth-order valence-corrected chi connectivity index (χ4v) is 1.88. The highest BCUT2D eigenvalue weighted by Crippen LogP contribution is 2.21. The number of rotatable bonds is 4. The van der Waals surface area contributed by atoms with Gasteiger partial charge in [0.15, 0.2) is 5.60 Å². The number of carbonyl (C=O) groups excluding carboxylic acids is 1. The van der Waals surface area contributed by atoms with Gasteiger partial charge in [-0.05, 0) is 6.42 Å². The summed E-state index contributed by atoms with van der Waals surface area (Å²) in [7, 11) is 0. The molecule has 13 heavy (non-hydrogen) atoms. The third kappa shape index (κ3) is 2.88. The average molecular weight is 204 g/mol. The van der Waals surface area contributed by atoms with Crippen molar-refractivity contribution in [3.63, 3.8) is 0 Å². The first kappa shape index (κ1) is 10.9. The lowest BCUT2D eigenvalue weighted by atomic mass is 10.00. The van der Waals surface area contributed by atoms with Crippen molar-refractivity contribution in [3.05, 3.63) is 0 Å². The maximum Gasteiger partial charge on any atom is 0.307 e. The van der Waals surface area contributed by atoms with Crippen LogP contribution in [0.15, 0.2) is 0 Å². The van der Waals surface area contributed by atoms with Crippen molar-refractivity contribution in [2.24, 2.45) is 0 Å². The van der Waals surface area contributed by atoms with Crippen molar-refractivity contribution in [1.29, 1.82) is 0 Å². The maximum atomic E-state index is 11.3. The minimum Gasteiger partial charge on any atom is -0.453 e. The SMILES string of the molecule is CCC1(OC(=O)CCS)CC[NH2+]C1. The fraction of sp³-hybridized carbons (Fsp3) is 0.889. The molecule has 2 N–H and O–H groups in total. The van der Waals surface area contributed by atoms with E-state index in [0.29, 0.717) is 12.2 Å². The summed E-state index contributed by atoms with van der Waals surface area (Å²) in [5.74, 6) is 0.467. The molecular weight excluding hydrogens is 186 g/mol. The summed E-state index contributed by atoms with van der Waals surface area (Å²) in [4.78, 5) is 11.3. The summed E-state index contributed by atoms with van der Waals surface area (Å²) >= 11 is 4.00. The van der Waals surface area contributed by atoms with Crippen LogP contribution >= 0.6 is 12.6 Å². The van der Waals surface area contributed by atoms with Gasteiger partial charge in [0.2, 0.25) is 0 Å². The lowest BCUT2D eigenvalue weighted by molar-refractivity contribution is -0.641. The highest BCUT2D eigenvalue weighted by Gasteiger charge is 2.38. The molecule has 3 nitrogen and oxygen atoms in total. The first-order valence-electron chi connectivity index (χ1n) is 4.87. The topological polar surface area (TPSA) is 42.9 Å². The lowest BCUT2D eigenvalue weighted by Gasteiger charge is -2.24. The van der Waals surface area contributed by atoms with Crippen molar-refractivity contribution < 1.29 is 14.8 Å². The van der Waals surface area contributed by atoms with E-state index in [9.17, 15) is 4.79 Å². The smallest absolute Gasteiger partial charge is 0.307 e. The van der Waals surface area contributed by atoms with E-state index in [4.69, 9.17) is 4.74 Å². The molecule has 1 saturated heterocycles. The molecule has 0 aromatic rings. The number of nitrogens with two attached hydrogens (primary N) is 1. The first-order valence-corrected chi connectivity index (χ1v) is 5.50. The van der Waals surface area contributed by atoms with Gasteiger partial charge in [-0.25, -0.2) is 0 Å². The van der Waals surface area contributed by atoms with E-state index in [2.05, 4.69) is 24.9 Å². The predicted octanol–water partition coefficient (Wildman–Crippen LogP) is -0.0346. The Morgan fingerprint density at radius 2 is 2.46 bits per heavy atom. The summed E-state index contributed by atoms with van der Waals surface area (Å²) < 4.78 is 5.47. The second-order valence-corrected chi connectivity index (χ2v) is 3.96. The molecule has 76 valence electrons. The molecule has 1 fully saturated rings. The number of hydrogen-bond acceptors (Lipinski definition) is 3. The quantitative estimate of drug-likeness (QED) is 0.499. The summed E-state index contributed by atoms with van der Waals surface area (Å²) in [5, 5.41) is 2.21. The van der Waals surface area contributed by atoms with Gasteiger partial charge in [0.05, 0.1) is 13.0 Å². The number of esters is 1. The van der Waals surface area contributed by atoms with Crippen molar-refractivity contribution >= 4 is 18.6 Å². The summed E-state index contributed by atoms with van der Waals surface area (Å²) in [6, 6.07) is 0. The fourth-order valence-electron chi connectivity index (χ4n) is 1.70. The van der Waals surface area contributed by atoms with E-state index in [1.54, 1.807) is 0 Å². The number of ether oxygens (including phenoxy) is 1. The van der Waals surface area contributed by atoms with Crippen LogP contribution in [0.2, 0.25) is 0 Å². The van der Waals surface area contributed by atoms with Crippen LogP contribution in [0, 0.1) is 0 Å². The minimum atomic E-state index is -0.181.